The van der Waals surface area contributed by atoms with E-state index in [1.807, 2.05) is 0 Å². The van der Waals surface area contributed by atoms with Crippen LogP contribution in [-0.4, -0.2) is 21.6 Å². The summed E-state index contributed by atoms with van der Waals surface area (Å²) in [6, 6.07) is 1.80. The van der Waals surface area contributed by atoms with Gasteiger partial charge in [0.1, 0.15) is 6.72 Å². The zero-order valence-corrected chi connectivity index (χ0v) is 5.54. The molecule has 0 aliphatic heterocycles. The van der Waals surface area contributed by atoms with Gasteiger partial charge >= 0.3 is 5.82 Å². The summed E-state index contributed by atoms with van der Waals surface area (Å²) in [5.41, 5.74) is 0.831. The van der Waals surface area contributed by atoms with Crippen molar-refractivity contribution < 1.29 is 9.95 Å². The summed E-state index contributed by atoms with van der Waals surface area (Å²) < 4.78 is 0.775. The molecule has 1 rings (SSSR count). The summed E-state index contributed by atoms with van der Waals surface area (Å²) in [5, 5.41) is 8.87. The summed E-state index contributed by atoms with van der Waals surface area (Å²) >= 11 is 0. The smallest absolute Gasteiger partial charge is 0.325 e. The summed E-state index contributed by atoms with van der Waals surface area (Å²) in [4.78, 5) is 2.80. The fourth-order valence-corrected chi connectivity index (χ4v) is 0.761. The van der Waals surface area contributed by atoms with Crippen LogP contribution in [0.3, 0.4) is 0 Å². The fraction of sp³-hybridized carbons (Fsp3) is 0. The van der Waals surface area contributed by atoms with Crippen molar-refractivity contribution in [3.63, 3.8) is 0 Å². The molecule has 3 nitrogen and oxygen atoms in total. The minimum Gasteiger partial charge on any atom is -0.350 e. The lowest BCUT2D eigenvalue weighted by Gasteiger charge is -1.88. The van der Waals surface area contributed by atoms with Crippen LogP contribution in [-0.2, 0) is 0 Å². The number of hydrogen-bond donors (Lipinski definition) is 2. The molecule has 2 N–H and O–H groups in total. The van der Waals surface area contributed by atoms with Crippen molar-refractivity contribution in [2.45, 2.75) is 0 Å². The van der Waals surface area contributed by atoms with Crippen LogP contribution >= 0.6 is 0 Å². The predicted molar refractivity (Wildman–Crippen MR) is 39.7 cm³/mol. The van der Waals surface area contributed by atoms with E-state index < -0.39 is 0 Å². The van der Waals surface area contributed by atoms with Gasteiger partial charge in [0.15, 0.2) is 0 Å². The Morgan fingerprint density at radius 3 is 2.80 bits per heavy atom. The Balaban J connectivity index is 3.13. The molecule has 0 atom stereocenters. The highest BCUT2D eigenvalue weighted by atomic mass is 16.5. The summed E-state index contributed by atoms with van der Waals surface area (Å²) in [5.74, 6) is 0.551. The molecule has 3 heteroatoms. The second-order valence-electron chi connectivity index (χ2n) is 1.89. The molecule has 1 aromatic heterocycles. The predicted octanol–water partition coefficient (Wildman–Crippen LogP) is 1.39. The zero-order valence-electron chi connectivity index (χ0n) is 5.54. The van der Waals surface area contributed by atoms with Gasteiger partial charge in [-0.3, -0.25) is 0 Å². The highest BCUT2D eigenvalue weighted by molar-refractivity contribution is 5.56. The first kappa shape index (κ1) is 6.61. The van der Waals surface area contributed by atoms with Crippen LogP contribution in [0.1, 0.15) is 5.56 Å². The lowest BCUT2D eigenvalue weighted by Crippen LogP contribution is -1.94. The van der Waals surface area contributed by atoms with Crippen molar-refractivity contribution in [1.29, 1.82) is 0 Å². The lowest BCUT2D eigenvalue weighted by atomic mass is 10.3. The van der Waals surface area contributed by atoms with E-state index in [0.29, 0.717) is 5.82 Å². The van der Waals surface area contributed by atoms with Crippen LogP contribution in [0.25, 0.3) is 6.08 Å². The lowest BCUT2D eigenvalue weighted by molar-refractivity contribution is -0.708. The number of H-pyrrole nitrogens is 1. The van der Waals surface area contributed by atoms with Gasteiger partial charge in [-0.15, -0.1) is 0 Å². The average molecular weight is 137 g/mol. The van der Waals surface area contributed by atoms with Crippen molar-refractivity contribution in [2.24, 2.45) is 0 Å². The minimum atomic E-state index is 0.551. The van der Waals surface area contributed by atoms with E-state index in [2.05, 4.69) is 18.3 Å². The van der Waals surface area contributed by atoms with Crippen molar-refractivity contribution in [1.82, 2.24) is 4.98 Å². The number of rotatable bonds is 2. The molecule has 52 valence electrons. The molecule has 0 fully saturated rings. The van der Waals surface area contributed by atoms with Crippen LogP contribution < -0.4 is 0 Å². The van der Waals surface area contributed by atoms with Gasteiger partial charge in [0.05, 0.1) is 11.8 Å². The summed E-state index contributed by atoms with van der Waals surface area (Å²) in [7, 11) is 0. The Bertz CT molecular complexity index is 262. The number of aromatic nitrogens is 1. The Kier molecular flexibility index (Phi) is 1.58. The highest BCUT2D eigenvalue weighted by Gasteiger charge is 2.08. The Morgan fingerprint density at radius 1 is 1.70 bits per heavy atom. The number of hydrogen-bond acceptors (Lipinski definition) is 1. The van der Waals surface area contributed by atoms with Crippen molar-refractivity contribution in [2.75, 3.05) is 0 Å². The maximum atomic E-state index is 8.87. The third-order valence-electron chi connectivity index (χ3n) is 1.23. The second-order valence-corrected chi connectivity index (χ2v) is 1.89. The quantitative estimate of drug-likeness (QED) is 0.275. The Morgan fingerprint density at radius 2 is 2.40 bits per heavy atom. The van der Waals surface area contributed by atoms with Gasteiger partial charge in [-0.25, -0.2) is 4.98 Å². The van der Waals surface area contributed by atoms with Crippen LogP contribution in [0.4, 0.5) is 5.82 Å². The maximum Gasteiger partial charge on any atom is 0.325 e. The topological polar surface area (TPSA) is 39.0 Å². The van der Waals surface area contributed by atoms with E-state index in [4.69, 9.17) is 5.21 Å². The van der Waals surface area contributed by atoms with Gasteiger partial charge in [-0.1, -0.05) is 17.4 Å². The molecule has 0 saturated heterocycles. The normalized spacial score (nSPS) is 9.20. The van der Waals surface area contributed by atoms with Crippen LogP contribution in [0.15, 0.2) is 18.8 Å². The molecule has 0 amide bonds. The van der Waals surface area contributed by atoms with Gasteiger partial charge in [-0.05, 0) is 6.07 Å². The molecule has 1 heterocycles. The Labute approximate surface area is 58.9 Å². The average Bonchev–Trinajstić information content (AvgIpc) is 2.33. The van der Waals surface area contributed by atoms with E-state index in [0.717, 1.165) is 10.3 Å². The molecule has 0 aliphatic carbocycles. The van der Waals surface area contributed by atoms with E-state index in [1.165, 1.54) is 0 Å². The van der Waals surface area contributed by atoms with Crippen molar-refractivity contribution in [3.8, 4) is 0 Å². The minimum absolute atomic E-state index is 0.551. The van der Waals surface area contributed by atoms with Gasteiger partial charge in [0.2, 0.25) is 0 Å². The molecule has 0 bridgehead atoms. The third kappa shape index (κ3) is 0.932. The number of nitrogens with zero attached hydrogens (tertiary/aromatic N) is 1. The van der Waals surface area contributed by atoms with Gasteiger partial charge in [-0.2, -0.15) is 0 Å². The first-order valence-corrected chi connectivity index (χ1v) is 2.85. The van der Waals surface area contributed by atoms with Crippen molar-refractivity contribution >= 4 is 18.6 Å². The first-order chi connectivity index (χ1) is 4.75. The van der Waals surface area contributed by atoms with Crippen LogP contribution in [0.2, 0.25) is 0 Å². The van der Waals surface area contributed by atoms with E-state index in [1.54, 1.807) is 18.3 Å². The number of nitrogens with one attached hydrogen (secondary N) is 1. The third-order valence-corrected chi connectivity index (χ3v) is 1.23. The molecule has 0 spiro atoms. The molecular formula is C7H9N2O+. The molecule has 0 radical (unpaired) electrons. The van der Waals surface area contributed by atoms with Crippen molar-refractivity contribution in [3.05, 3.63) is 24.4 Å². The molecule has 0 aromatic carbocycles. The second kappa shape index (κ2) is 2.39. The SMILES string of the molecule is C=Cc1cc[nH]c1[N+](=C)O. The largest absolute Gasteiger partial charge is 0.350 e. The van der Waals surface area contributed by atoms with Crippen LogP contribution in [0.5, 0.6) is 0 Å². The van der Waals surface area contributed by atoms with Gasteiger partial charge in [0, 0.05) is 0 Å². The van der Waals surface area contributed by atoms with E-state index in [-0.39, 0.29) is 0 Å². The molecule has 10 heavy (non-hydrogen) atoms. The molecule has 0 saturated carbocycles. The summed E-state index contributed by atoms with van der Waals surface area (Å²) in [6.45, 7) is 6.86. The van der Waals surface area contributed by atoms with Gasteiger partial charge < -0.3 is 5.21 Å². The van der Waals surface area contributed by atoms with E-state index >= 15 is 0 Å². The maximum absolute atomic E-state index is 8.87. The van der Waals surface area contributed by atoms with E-state index in [9.17, 15) is 0 Å². The number of aromatic amines is 1. The molecular weight excluding hydrogens is 128 g/mol. The fourth-order valence-electron chi connectivity index (χ4n) is 0.761. The molecule has 0 aliphatic rings. The Hall–Kier alpha value is -1.51. The first-order valence-electron chi connectivity index (χ1n) is 2.85. The van der Waals surface area contributed by atoms with Crippen LogP contribution in [0, 0.1) is 0 Å². The highest BCUT2D eigenvalue weighted by Crippen LogP contribution is 2.14. The molecule has 1 aromatic rings. The standard InChI is InChI=1S/C7H9N2O/c1-3-6-4-5-8-7(6)9(2)10/h3-5,8,10H,1-2H2/q+1. The van der Waals surface area contributed by atoms with Gasteiger partial charge in [0.25, 0.3) is 0 Å². The molecule has 0 unspecified atom stereocenters. The summed E-state index contributed by atoms with van der Waals surface area (Å²) in [6.07, 6.45) is 3.35. The monoisotopic (exact) mass is 137 g/mol. The zero-order chi connectivity index (χ0) is 7.56.